The van der Waals surface area contributed by atoms with Crippen molar-refractivity contribution in [1.82, 2.24) is 4.90 Å². The van der Waals surface area contributed by atoms with Gasteiger partial charge in [0.1, 0.15) is 6.61 Å². The highest BCUT2D eigenvalue weighted by Gasteiger charge is 2.29. The van der Waals surface area contributed by atoms with Crippen LogP contribution in [0.15, 0.2) is 0 Å². The van der Waals surface area contributed by atoms with Gasteiger partial charge in [0, 0.05) is 13.1 Å². The number of halogens is 3. The number of piperidine rings is 1. The molecule has 0 bridgehead atoms. The zero-order valence-electron chi connectivity index (χ0n) is 7.60. The molecule has 1 fully saturated rings. The molecule has 0 radical (unpaired) electrons. The van der Waals surface area contributed by atoms with E-state index in [1.807, 2.05) is 7.05 Å². The van der Waals surface area contributed by atoms with Crippen molar-refractivity contribution >= 4 is 0 Å². The van der Waals surface area contributed by atoms with Crippen LogP contribution in [0.5, 0.6) is 0 Å². The number of hydrogen-bond donors (Lipinski definition) is 0. The van der Waals surface area contributed by atoms with Gasteiger partial charge in [0.2, 0.25) is 0 Å². The van der Waals surface area contributed by atoms with Crippen LogP contribution >= 0.6 is 0 Å². The molecule has 2 nitrogen and oxygen atoms in total. The first-order valence-corrected chi connectivity index (χ1v) is 4.34. The van der Waals surface area contributed by atoms with Gasteiger partial charge >= 0.3 is 6.18 Å². The first-order valence-electron chi connectivity index (χ1n) is 4.34. The summed E-state index contributed by atoms with van der Waals surface area (Å²) in [5.74, 6) is 0. The lowest BCUT2D eigenvalue weighted by atomic mass is 10.1. The normalized spacial score (nSPS) is 22.2. The first-order chi connectivity index (χ1) is 5.97. The number of hydrogen-bond acceptors (Lipinski definition) is 2. The van der Waals surface area contributed by atoms with E-state index in [-0.39, 0.29) is 6.10 Å². The minimum Gasteiger partial charge on any atom is -0.369 e. The third-order valence-corrected chi connectivity index (χ3v) is 2.15. The zero-order chi connectivity index (χ0) is 9.90. The third-order valence-electron chi connectivity index (χ3n) is 2.15. The maximum atomic E-state index is 11.8. The second kappa shape index (κ2) is 4.28. The minimum absolute atomic E-state index is 0.210. The molecular formula is C8H14F3NO. The SMILES string of the molecule is CN1CCC(OCC(F)(F)F)CC1. The number of rotatable bonds is 2. The molecule has 0 amide bonds. The van der Waals surface area contributed by atoms with Crippen molar-refractivity contribution in [2.45, 2.75) is 25.1 Å². The van der Waals surface area contributed by atoms with E-state index in [0.717, 1.165) is 13.1 Å². The van der Waals surface area contributed by atoms with Crippen LogP contribution in [0.3, 0.4) is 0 Å². The molecule has 1 aliphatic rings. The van der Waals surface area contributed by atoms with Gasteiger partial charge in [0.05, 0.1) is 6.10 Å². The molecular weight excluding hydrogens is 183 g/mol. The first kappa shape index (κ1) is 10.8. The lowest BCUT2D eigenvalue weighted by Crippen LogP contribution is -2.35. The van der Waals surface area contributed by atoms with E-state index >= 15 is 0 Å². The van der Waals surface area contributed by atoms with Crippen molar-refractivity contribution in [2.24, 2.45) is 0 Å². The highest BCUT2D eigenvalue weighted by molar-refractivity contribution is 4.70. The molecule has 78 valence electrons. The summed E-state index contributed by atoms with van der Waals surface area (Å²) < 4.78 is 40.0. The smallest absolute Gasteiger partial charge is 0.369 e. The second-order valence-corrected chi connectivity index (χ2v) is 3.43. The molecule has 0 unspecified atom stereocenters. The average molecular weight is 197 g/mol. The molecule has 0 aromatic rings. The lowest BCUT2D eigenvalue weighted by molar-refractivity contribution is -0.188. The molecule has 0 saturated carbocycles. The van der Waals surface area contributed by atoms with E-state index in [2.05, 4.69) is 4.90 Å². The van der Waals surface area contributed by atoms with E-state index in [1.165, 1.54) is 0 Å². The van der Waals surface area contributed by atoms with E-state index in [9.17, 15) is 13.2 Å². The minimum atomic E-state index is -4.19. The predicted octanol–water partition coefficient (Wildman–Crippen LogP) is 1.66. The maximum Gasteiger partial charge on any atom is 0.411 e. The topological polar surface area (TPSA) is 12.5 Å². The summed E-state index contributed by atoms with van der Waals surface area (Å²) in [5, 5.41) is 0. The maximum absolute atomic E-state index is 11.8. The van der Waals surface area contributed by atoms with Crippen LogP contribution in [-0.2, 0) is 4.74 Å². The zero-order valence-corrected chi connectivity index (χ0v) is 7.60. The van der Waals surface area contributed by atoms with E-state index in [1.54, 1.807) is 0 Å². The Balaban J connectivity index is 2.16. The van der Waals surface area contributed by atoms with Crippen LogP contribution in [0.25, 0.3) is 0 Å². The Hall–Kier alpha value is -0.290. The standard InChI is InChI=1S/C8H14F3NO/c1-12-4-2-7(3-5-12)13-6-8(9,10)11/h7H,2-6H2,1H3. The summed E-state index contributed by atoms with van der Waals surface area (Å²) >= 11 is 0. The Morgan fingerprint density at radius 1 is 1.31 bits per heavy atom. The van der Waals surface area contributed by atoms with Gasteiger partial charge in [-0.05, 0) is 19.9 Å². The van der Waals surface area contributed by atoms with Crippen molar-refractivity contribution in [2.75, 3.05) is 26.7 Å². The number of nitrogens with zero attached hydrogens (tertiary/aromatic N) is 1. The molecule has 5 heteroatoms. The molecule has 0 spiro atoms. The molecule has 0 aliphatic carbocycles. The Morgan fingerprint density at radius 2 is 1.85 bits per heavy atom. The molecule has 0 atom stereocenters. The summed E-state index contributed by atoms with van der Waals surface area (Å²) in [7, 11) is 1.96. The van der Waals surface area contributed by atoms with Gasteiger partial charge in [-0.3, -0.25) is 0 Å². The van der Waals surface area contributed by atoms with E-state index in [0.29, 0.717) is 12.8 Å². The van der Waals surface area contributed by atoms with Crippen molar-refractivity contribution in [3.8, 4) is 0 Å². The number of likely N-dealkylation sites (tertiary alicyclic amines) is 1. The van der Waals surface area contributed by atoms with Crippen molar-refractivity contribution in [1.29, 1.82) is 0 Å². The fourth-order valence-electron chi connectivity index (χ4n) is 1.36. The van der Waals surface area contributed by atoms with Crippen LogP contribution < -0.4 is 0 Å². The molecule has 1 rings (SSSR count). The molecule has 0 aromatic heterocycles. The fraction of sp³-hybridized carbons (Fsp3) is 1.00. The van der Waals surface area contributed by atoms with Crippen LogP contribution in [0.1, 0.15) is 12.8 Å². The van der Waals surface area contributed by atoms with Crippen LogP contribution in [0.2, 0.25) is 0 Å². The monoisotopic (exact) mass is 197 g/mol. The Kier molecular flexibility index (Phi) is 3.55. The van der Waals surface area contributed by atoms with Gasteiger partial charge in [-0.1, -0.05) is 0 Å². The highest BCUT2D eigenvalue weighted by atomic mass is 19.4. The van der Waals surface area contributed by atoms with Gasteiger partial charge in [0.25, 0.3) is 0 Å². The van der Waals surface area contributed by atoms with E-state index < -0.39 is 12.8 Å². The van der Waals surface area contributed by atoms with Crippen molar-refractivity contribution < 1.29 is 17.9 Å². The van der Waals surface area contributed by atoms with Gasteiger partial charge in [-0.2, -0.15) is 13.2 Å². The van der Waals surface area contributed by atoms with Crippen molar-refractivity contribution in [3.05, 3.63) is 0 Å². The fourth-order valence-corrected chi connectivity index (χ4v) is 1.36. The quantitative estimate of drug-likeness (QED) is 0.667. The summed E-state index contributed by atoms with van der Waals surface area (Å²) in [6.45, 7) is 0.534. The molecule has 0 N–H and O–H groups in total. The Morgan fingerprint density at radius 3 is 2.31 bits per heavy atom. The van der Waals surface area contributed by atoms with E-state index in [4.69, 9.17) is 4.74 Å². The van der Waals surface area contributed by atoms with Gasteiger partial charge in [-0.15, -0.1) is 0 Å². The summed E-state index contributed by atoms with van der Waals surface area (Å²) in [5.41, 5.74) is 0. The molecule has 1 aliphatic heterocycles. The Labute approximate surface area is 75.7 Å². The predicted molar refractivity (Wildman–Crippen MR) is 42.5 cm³/mol. The van der Waals surface area contributed by atoms with Crippen molar-refractivity contribution in [3.63, 3.8) is 0 Å². The lowest BCUT2D eigenvalue weighted by Gasteiger charge is -2.29. The summed E-state index contributed by atoms with van der Waals surface area (Å²) in [4.78, 5) is 2.09. The van der Waals surface area contributed by atoms with Gasteiger partial charge in [0.15, 0.2) is 0 Å². The van der Waals surface area contributed by atoms with Gasteiger partial charge in [-0.25, -0.2) is 0 Å². The average Bonchev–Trinajstić information content (AvgIpc) is 2.02. The Bertz CT molecular complexity index is 152. The second-order valence-electron chi connectivity index (χ2n) is 3.43. The summed E-state index contributed by atoms with van der Waals surface area (Å²) in [6, 6.07) is 0. The largest absolute Gasteiger partial charge is 0.411 e. The molecule has 13 heavy (non-hydrogen) atoms. The van der Waals surface area contributed by atoms with Crippen LogP contribution in [0.4, 0.5) is 13.2 Å². The molecule has 1 heterocycles. The summed E-state index contributed by atoms with van der Waals surface area (Å²) in [6.07, 6.45) is -3.00. The number of ether oxygens (including phenoxy) is 1. The third kappa shape index (κ3) is 4.47. The molecule has 0 aromatic carbocycles. The van der Waals surface area contributed by atoms with Crippen LogP contribution in [-0.4, -0.2) is 43.9 Å². The number of alkyl halides is 3. The molecule has 1 saturated heterocycles. The van der Waals surface area contributed by atoms with Crippen LogP contribution in [0, 0.1) is 0 Å². The highest BCUT2D eigenvalue weighted by Crippen LogP contribution is 2.19. The van der Waals surface area contributed by atoms with Gasteiger partial charge < -0.3 is 9.64 Å².